The van der Waals surface area contributed by atoms with Crippen LogP contribution in [0.5, 0.6) is 0 Å². The molecule has 168 valence electrons. The van der Waals surface area contributed by atoms with E-state index >= 15 is 0 Å². The molecule has 29 heavy (non-hydrogen) atoms. The van der Waals surface area contributed by atoms with Crippen LogP contribution in [0.25, 0.3) is 0 Å². The van der Waals surface area contributed by atoms with Crippen molar-refractivity contribution in [3.8, 4) is 0 Å². The SMILES string of the molecule is CC(=O)O.CCC1(C)O[C@H]2OC(C)C(C)[C@H]2O1.CO.OCCC1=CCC=CC=C1. The molecular formula is C22H38O7. The molecule has 0 radical (unpaired) electrons. The Kier molecular flexibility index (Phi) is 13.7. The summed E-state index contributed by atoms with van der Waals surface area (Å²) in [5.41, 5.74) is 1.23. The third kappa shape index (κ3) is 10.2. The normalized spacial score (nSPS) is 31.7. The molecule has 0 spiro atoms. The minimum Gasteiger partial charge on any atom is -0.481 e. The number of carbonyl (C=O) groups is 1. The van der Waals surface area contributed by atoms with Crippen LogP contribution in [-0.2, 0) is 19.0 Å². The lowest BCUT2D eigenvalue weighted by Gasteiger charge is -2.24. The largest absolute Gasteiger partial charge is 0.481 e. The van der Waals surface area contributed by atoms with Crippen molar-refractivity contribution in [2.45, 2.75) is 78.2 Å². The van der Waals surface area contributed by atoms with Gasteiger partial charge in [0.05, 0.1) is 6.10 Å². The number of hydrogen-bond acceptors (Lipinski definition) is 6. The number of carboxylic acids is 1. The maximum absolute atomic E-state index is 9.00. The first-order valence-electron chi connectivity index (χ1n) is 10.0. The van der Waals surface area contributed by atoms with Crippen molar-refractivity contribution in [1.82, 2.24) is 0 Å². The Bertz CT molecular complexity index is 551. The Labute approximate surface area is 174 Å². The molecule has 0 bridgehead atoms. The predicted octanol–water partition coefficient (Wildman–Crippen LogP) is 3.42. The highest BCUT2D eigenvalue weighted by molar-refractivity contribution is 5.62. The van der Waals surface area contributed by atoms with Crippen LogP contribution in [0, 0.1) is 5.92 Å². The second-order valence-corrected chi connectivity index (χ2v) is 7.05. The van der Waals surface area contributed by atoms with E-state index in [1.54, 1.807) is 0 Å². The molecule has 3 rings (SSSR count). The van der Waals surface area contributed by atoms with E-state index in [9.17, 15) is 0 Å². The lowest BCUT2D eigenvalue weighted by atomic mass is 10.0. The Morgan fingerprint density at radius 3 is 2.38 bits per heavy atom. The molecule has 7 nitrogen and oxygen atoms in total. The summed E-state index contributed by atoms with van der Waals surface area (Å²) >= 11 is 0. The summed E-state index contributed by atoms with van der Waals surface area (Å²) in [7, 11) is 1.00. The fourth-order valence-corrected chi connectivity index (χ4v) is 2.85. The summed E-state index contributed by atoms with van der Waals surface area (Å²) in [6, 6.07) is 0. The van der Waals surface area contributed by atoms with Crippen molar-refractivity contribution >= 4 is 5.97 Å². The van der Waals surface area contributed by atoms with Gasteiger partial charge < -0.3 is 29.5 Å². The second-order valence-electron chi connectivity index (χ2n) is 7.05. The number of fused-ring (bicyclic) bond motifs is 1. The molecule has 7 heteroatoms. The topological polar surface area (TPSA) is 105 Å². The van der Waals surface area contributed by atoms with Gasteiger partial charge in [0.15, 0.2) is 12.1 Å². The fraction of sp³-hybridized carbons (Fsp3) is 0.682. The quantitative estimate of drug-likeness (QED) is 0.650. The molecule has 2 aliphatic heterocycles. The van der Waals surface area contributed by atoms with Crippen LogP contribution in [0.15, 0.2) is 36.0 Å². The minimum absolute atomic E-state index is 0.125. The highest BCUT2D eigenvalue weighted by atomic mass is 16.8. The van der Waals surface area contributed by atoms with E-state index in [1.807, 2.05) is 25.2 Å². The number of aliphatic carboxylic acids is 1. The zero-order valence-corrected chi connectivity index (χ0v) is 18.5. The van der Waals surface area contributed by atoms with Crippen LogP contribution < -0.4 is 0 Å². The van der Waals surface area contributed by atoms with Crippen molar-refractivity contribution in [2.75, 3.05) is 13.7 Å². The van der Waals surface area contributed by atoms with Crippen LogP contribution in [0.2, 0.25) is 0 Å². The lowest BCUT2D eigenvalue weighted by Crippen LogP contribution is -2.29. The van der Waals surface area contributed by atoms with E-state index in [2.05, 4.69) is 32.9 Å². The number of rotatable bonds is 3. The average Bonchev–Trinajstić information content (AvgIpc) is 2.99. The Morgan fingerprint density at radius 1 is 1.24 bits per heavy atom. The zero-order valence-electron chi connectivity index (χ0n) is 18.5. The molecule has 0 saturated carbocycles. The molecule has 0 aromatic carbocycles. The number of aliphatic hydroxyl groups is 2. The first-order chi connectivity index (χ1) is 13.7. The van der Waals surface area contributed by atoms with Crippen LogP contribution in [-0.4, -0.2) is 59.3 Å². The molecular weight excluding hydrogens is 376 g/mol. The number of ether oxygens (including phenoxy) is 3. The van der Waals surface area contributed by atoms with E-state index in [-0.39, 0.29) is 25.1 Å². The predicted molar refractivity (Wildman–Crippen MR) is 112 cm³/mol. The van der Waals surface area contributed by atoms with Gasteiger partial charge in [-0.05, 0) is 38.7 Å². The molecule has 5 atom stereocenters. The third-order valence-electron chi connectivity index (χ3n) is 4.74. The van der Waals surface area contributed by atoms with Crippen molar-refractivity contribution in [3.63, 3.8) is 0 Å². The van der Waals surface area contributed by atoms with E-state index in [0.717, 1.165) is 33.3 Å². The fourth-order valence-electron chi connectivity index (χ4n) is 2.85. The third-order valence-corrected chi connectivity index (χ3v) is 4.74. The molecule has 3 aliphatic rings. The van der Waals surface area contributed by atoms with Crippen molar-refractivity contribution in [3.05, 3.63) is 36.0 Å². The van der Waals surface area contributed by atoms with Crippen molar-refractivity contribution < 1.29 is 34.3 Å². The number of carboxylic acid groups (broad SMARTS) is 1. The van der Waals surface area contributed by atoms with Gasteiger partial charge in [-0.25, -0.2) is 0 Å². The van der Waals surface area contributed by atoms with Gasteiger partial charge >= 0.3 is 0 Å². The van der Waals surface area contributed by atoms with E-state index in [1.165, 1.54) is 5.57 Å². The second kappa shape index (κ2) is 14.5. The first-order valence-corrected chi connectivity index (χ1v) is 10.0. The zero-order chi connectivity index (χ0) is 22.4. The maximum atomic E-state index is 9.00. The van der Waals surface area contributed by atoms with Crippen LogP contribution >= 0.6 is 0 Å². The molecule has 0 aromatic rings. The summed E-state index contributed by atoms with van der Waals surface area (Å²) in [5, 5.41) is 23.0. The number of aliphatic hydroxyl groups excluding tert-OH is 2. The van der Waals surface area contributed by atoms with Gasteiger partial charge in [-0.1, -0.05) is 44.2 Å². The molecule has 2 saturated heterocycles. The number of hydrogen-bond donors (Lipinski definition) is 3. The maximum Gasteiger partial charge on any atom is 0.300 e. The van der Waals surface area contributed by atoms with Crippen LogP contribution in [0.1, 0.15) is 53.9 Å². The summed E-state index contributed by atoms with van der Waals surface area (Å²) in [6.45, 7) is 9.59. The van der Waals surface area contributed by atoms with E-state index in [4.69, 9.17) is 34.3 Å². The van der Waals surface area contributed by atoms with Gasteiger partial charge in [0, 0.05) is 26.6 Å². The molecule has 1 aliphatic carbocycles. The van der Waals surface area contributed by atoms with Crippen molar-refractivity contribution in [1.29, 1.82) is 0 Å². The van der Waals surface area contributed by atoms with Gasteiger partial charge in [-0.2, -0.15) is 0 Å². The lowest BCUT2D eigenvalue weighted by molar-refractivity contribution is -0.218. The van der Waals surface area contributed by atoms with E-state index in [0.29, 0.717) is 5.92 Å². The van der Waals surface area contributed by atoms with Crippen LogP contribution in [0.3, 0.4) is 0 Å². The summed E-state index contributed by atoms with van der Waals surface area (Å²) in [4.78, 5) is 9.00. The first kappa shape index (κ1) is 27.5. The molecule has 3 N–H and O–H groups in total. The Hall–Kier alpha value is -1.51. The molecule has 0 amide bonds. The van der Waals surface area contributed by atoms with Gasteiger partial charge in [0.25, 0.3) is 5.97 Å². The highest BCUT2D eigenvalue weighted by Gasteiger charge is 2.52. The van der Waals surface area contributed by atoms with E-state index < -0.39 is 11.8 Å². The van der Waals surface area contributed by atoms with Gasteiger partial charge in [-0.15, -0.1) is 0 Å². The standard InChI is InChI=1S/C10H18O3.C9H12O.C2H4O2.CH4O/c1-5-10(4)12-8-6(2)7(3)11-9(8)13-10;10-8-7-9-5-3-1-2-4-6-9;1-2(3)4;1-2/h6-9H,5H2,1-4H3;1-3,5-6,10H,4,7-8H2;1H3,(H,3,4);2H,1H3/t6?,7?,8-,9-,10?;;;/m1.../s1. The molecule has 2 heterocycles. The van der Waals surface area contributed by atoms with Crippen LogP contribution in [0.4, 0.5) is 0 Å². The summed E-state index contributed by atoms with van der Waals surface area (Å²) in [5.74, 6) is -0.831. The molecule has 3 unspecified atom stereocenters. The highest BCUT2D eigenvalue weighted by Crippen LogP contribution is 2.41. The number of allylic oxidation sites excluding steroid dienone is 5. The van der Waals surface area contributed by atoms with Gasteiger partial charge in [0.2, 0.25) is 0 Å². The minimum atomic E-state index is -0.833. The smallest absolute Gasteiger partial charge is 0.300 e. The molecule has 0 aromatic heterocycles. The van der Waals surface area contributed by atoms with Crippen molar-refractivity contribution in [2.24, 2.45) is 5.92 Å². The Balaban J connectivity index is 0.000000436. The Morgan fingerprint density at radius 2 is 1.86 bits per heavy atom. The summed E-state index contributed by atoms with van der Waals surface area (Å²) < 4.78 is 17.2. The van der Waals surface area contributed by atoms with Gasteiger partial charge in [-0.3, -0.25) is 4.79 Å². The van der Waals surface area contributed by atoms with Gasteiger partial charge in [0.1, 0.15) is 6.10 Å². The average molecular weight is 415 g/mol. The summed E-state index contributed by atoms with van der Waals surface area (Å²) in [6.07, 6.45) is 13.2. The molecule has 2 fully saturated rings. The monoisotopic (exact) mass is 414 g/mol.